The summed E-state index contributed by atoms with van der Waals surface area (Å²) in [6, 6.07) is 1.01. The number of nitrogens with zero attached hydrogens (tertiary/aromatic N) is 1. The van der Waals surface area contributed by atoms with Gasteiger partial charge in [-0.2, -0.15) is 4.39 Å². The molecule has 92 valence electrons. The number of benzene rings is 1. The Balaban J connectivity index is 3.03. The van der Waals surface area contributed by atoms with Crippen molar-refractivity contribution in [2.24, 2.45) is 0 Å². The van der Waals surface area contributed by atoms with E-state index in [9.17, 15) is 23.7 Å². The van der Waals surface area contributed by atoms with Crippen LogP contribution in [-0.2, 0) is 4.79 Å². The first-order valence-electron chi connectivity index (χ1n) is 4.45. The molecule has 5 nitrogen and oxygen atoms in total. The summed E-state index contributed by atoms with van der Waals surface area (Å²) < 4.78 is 26.2. The average molecular weight is 309 g/mol. The number of carbonyl (C=O) groups is 1. The second kappa shape index (κ2) is 5.67. The number of hydrogen-bond acceptors (Lipinski definition) is 3. The largest absolute Gasteiger partial charge is 0.323 e. The van der Waals surface area contributed by atoms with Crippen LogP contribution >= 0.6 is 15.9 Å². The number of anilines is 1. The van der Waals surface area contributed by atoms with Crippen LogP contribution < -0.4 is 5.32 Å². The molecule has 0 spiro atoms. The Labute approximate surface area is 103 Å². The van der Waals surface area contributed by atoms with Gasteiger partial charge in [-0.1, -0.05) is 15.9 Å². The Hall–Kier alpha value is -1.57. The molecule has 0 saturated heterocycles. The fourth-order valence-electron chi connectivity index (χ4n) is 1.07. The third kappa shape index (κ3) is 3.45. The Morgan fingerprint density at radius 1 is 1.41 bits per heavy atom. The van der Waals surface area contributed by atoms with E-state index in [1.807, 2.05) is 0 Å². The number of halogens is 3. The van der Waals surface area contributed by atoms with Crippen molar-refractivity contribution in [3.05, 3.63) is 33.9 Å². The minimum absolute atomic E-state index is 0.0740. The number of carbonyl (C=O) groups excluding carboxylic acids is 1. The van der Waals surface area contributed by atoms with Crippen LogP contribution in [0.3, 0.4) is 0 Å². The van der Waals surface area contributed by atoms with E-state index in [0.717, 1.165) is 0 Å². The van der Waals surface area contributed by atoms with Crippen molar-refractivity contribution in [1.82, 2.24) is 0 Å². The van der Waals surface area contributed by atoms with Crippen LogP contribution in [0, 0.1) is 21.7 Å². The molecule has 0 bridgehead atoms. The highest BCUT2D eigenvalue weighted by Crippen LogP contribution is 2.25. The molecule has 0 unspecified atom stereocenters. The zero-order valence-corrected chi connectivity index (χ0v) is 9.96. The quantitative estimate of drug-likeness (QED) is 0.528. The molecular formula is C9H7BrF2N2O3. The van der Waals surface area contributed by atoms with E-state index in [-0.39, 0.29) is 6.42 Å². The van der Waals surface area contributed by atoms with Gasteiger partial charge in [0, 0.05) is 23.9 Å². The average Bonchev–Trinajstić information content (AvgIpc) is 2.21. The van der Waals surface area contributed by atoms with Crippen molar-refractivity contribution in [1.29, 1.82) is 0 Å². The van der Waals surface area contributed by atoms with E-state index in [1.54, 1.807) is 0 Å². The Morgan fingerprint density at radius 2 is 2.06 bits per heavy atom. The van der Waals surface area contributed by atoms with Gasteiger partial charge in [0.25, 0.3) is 0 Å². The van der Waals surface area contributed by atoms with Gasteiger partial charge in [0.2, 0.25) is 11.7 Å². The third-order valence-electron chi connectivity index (χ3n) is 1.83. The third-order valence-corrected chi connectivity index (χ3v) is 2.23. The lowest BCUT2D eigenvalue weighted by Crippen LogP contribution is -2.13. The summed E-state index contributed by atoms with van der Waals surface area (Å²) in [5.41, 5.74) is -1.30. The van der Waals surface area contributed by atoms with Crippen molar-refractivity contribution in [2.75, 3.05) is 10.6 Å². The van der Waals surface area contributed by atoms with Crippen molar-refractivity contribution in [3.63, 3.8) is 0 Å². The molecule has 1 N–H and O–H groups in total. The van der Waals surface area contributed by atoms with Gasteiger partial charge in [-0.15, -0.1) is 0 Å². The monoisotopic (exact) mass is 308 g/mol. The maximum absolute atomic E-state index is 13.2. The van der Waals surface area contributed by atoms with Gasteiger partial charge in [0.15, 0.2) is 0 Å². The Morgan fingerprint density at radius 3 is 2.59 bits per heavy atom. The minimum Gasteiger partial charge on any atom is -0.323 e. The van der Waals surface area contributed by atoms with Gasteiger partial charge >= 0.3 is 5.69 Å². The molecule has 0 fully saturated rings. The van der Waals surface area contributed by atoms with Gasteiger partial charge < -0.3 is 5.32 Å². The molecule has 8 heteroatoms. The number of nitro benzene ring substituents is 1. The van der Waals surface area contributed by atoms with Crippen LogP contribution in [0.15, 0.2) is 12.1 Å². The predicted molar refractivity (Wildman–Crippen MR) is 60.1 cm³/mol. The predicted octanol–water partition coefficient (Wildman–Crippen LogP) is 2.60. The molecule has 0 heterocycles. The fraction of sp³-hybridized carbons (Fsp3) is 0.222. The van der Waals surface area contributed by atoms with Gasteiger partial charge in [-0.3, -0.25) is 14.9 Å². The molecule has 0 saturated carbocycles. The van der Waals surface area contributed by atoms with Gasteiger partial charge in [-0.25, -0.2) is 4.39 Å². The number of alkyl halides is 1. The van der Waals surface area contributed by atoms with Gasteiger partial charge in [-0.05, 0) is 0 Å². The second-order valence-electron chi connectivity index (χ2n) is 3.03. The molecule has 0 aliphatic carbocycles. The van der Waals surface area contributed by atoms with Crippen LogP contribution in [0.1, 0.15) is 6.42 Å². The van der Waals surface area contributed by atoms with E-state index < -0.39 is 33.8 Å². The summed E-state index contributed by atoms with van der Waals surface area (Å²) in [6.07, 6.45) is 0.0740. The van der Waals surface area contributed by atoms with Gasteiger partial charge in [0.05, 0.1) is 10.6 Å². The van der Waals surface area contributed by atoms with E-state index >= 15 is 0 Å². The second-order valence-corrected chi connectivity index (χ2v) is 3.82. The van der Waals surface area contributed by atoms with Gasteiger partial charge in [0.1, 0.15) is 5.82 Å². The normalized spacial score (nSPS) is 10.1. The summed E-state index contributed by atoms with van der Waals surface area (Å²) in [7, 11) is 0. The maximum atomic E-state index is 13.2. The number of rotatable bonds is 4. The Kier molecular flexibility index (Phi) is 4.50. The summed E-state index contributed by atoms with van der Waals surface area (Å²) in [6.45, 7) is 0. The first kappa shape index (κ1) is 13.5. The first-order valence-corrected chi connectivity index (χ1v) is 5.57. The molecule has 1 rings (SSSR count). The maximum Gasteiger partial charge on any atom is 0.307 e. The molecule has 1 aromatic carbocycles. The lowest BCUT2D eigenvalue weighted by Gasteiger charge is -2.05. The highest BCUT2D eigenvalue weighted by atomic mass is 79.9. The lowest BCUT2D eigenvalue weighted by molar-refractivity contribution is -0.387. The summed E-state index contributed by atoms with van der Waals surface area (Å²) >= 11 is 3.01. The lowest BCUT2D eigenvalue weighted by atomic mass is 10.2. The first-order chi connectivity index (χ1) is 7.95. The number of amides is 1. The van der Waals surface area contributed by atoms with E-state index in [2.05, 4.69) is 21.2 Å². The number of nitro groups is 1. The fourth-order valence-corrected chi connectivity index (χ4v) is 1.43. The van der Waals surface area contributed by atoms with E-state index in [0.29, 0.717) is 17.5 Å². The van der Waals surface area contributed by atoms with Crippen molar-refractivity contribution in [2.45, 2.75) is 6.42 Å². The van der Waals surface area contributed by atoms with E-state index in [4.69, 9.17) is 0 Å². The summed E-state index contributed by atoms with van der Waals surface area (Å²) in [4.78, 5) is 20.6. The van der Waals surface area contributed by atoms with Crippen LogP contribution in [0.5, 0.6) is 0 Å². The van der Waals surface area contributed by atoms with Crippen molar-refractivity contribution in [3.8, 4) is 0 Å². The molecule has 0 radical (unpaired) electrons. The van der Waals surface area contributed by atoms with Crippen LogP contribution in [0.4, 0.5) is 20.2 Å². The highest BCUT2D eigenvalue weighted by Gasteiger charge is 2.19. The molecule has 0 atom stereocenters. The topological polar surface area (TPSA) is 72.2 Å². The molecule has 0 aliphatic heterocycles. The standard InChI is InChI=1S/C9H7BrF2N2O3/c10-2-1-9(15)13-7-4-8(14(16)17)6(12)3-5(7)11/h3-4H,1-2H2,(H,13,15). The van der Waals surface area contributed by atoms with E-state index in [1.165, 1.54) is 0 Å². The number of nitrogens with one attached hydrogen (secondary N) is 1. The van der Waals surface area contributed by atoms with Crippen LogP contribution in [-0.4, -0.2) is 16.2 Å². The zero-order valence-electron chi connectivity index (χ0n) is 8.37. The van der Waals surface area contributed by atoms with Crippen LogP contribution in [0.2, 0.25) is 0 Å². The molecule has 1 amide bonds. The summed E-state index contributed by atoms with van der Waals surface area (Å²) in [5, 5.41) is 12.9. The molecular weight excluding hydrogens is 302 g/mol. The number of hydrogen-bond donors (Lipinski definition) is 1. The van der Waals surface area contributed by atoms with Crippen molar-refractivity contribution < 1.29 is 18.5 Å². The summed E-state index contributed by atoms with van der Waals surface area (Å²) in [5.74, 6) is -2.87. The van der Waals surface area contributed by atoms with Crippen molar-refractivity contribution >= 4 is 33.2 Å². The minimum atomic E-state index is -1.29. The molecule has 0 aromatic heterocycles. The smallest absolute Gasteiger partial charge is 0.307 e. The molecule has 17 heavy (non-hydrogen) atoms. The SMILES string of the molecule is O=C(CCBr)Nc1cc([N+](=O)[O-])c(F)cc1F. The van der Waals surface area contributed by atoms with Crippen LogP contribution in [0.25, 0.3) is 0 Å². The zero-order chi connectivity index (χ0) is 13.0. The molecule has 1 aromatic rings. The Bertz CT molecular complexity index is 468. The highest BCUT2D eigenvalue weighted by molar-refractivity contribution is 9.09. The molecule has 0 aliphatic rings.